The zero-order valence-electron chi connectivity index (χ0n) is 15.5. The summed E-state index contributed by atoms with van der Waals surface area (Å²) in [5.74, 6) is -3.40. The van der Waals surface area contributed by atoms with E-state index < -0.39 is 54.3 Å². The largest absolute Gasteiger partial charge is 0.480 e. The molecule has 4 amide bonds. The lowest BCUT2D eigenvalue weighted by Crippen LogP contribution is -2.54. The number of thiol groups is 1. The van der Waals surface area contributed by atoms with Crippen LogP contribution in [0.5, 0.6) is 0 Å². The lowest BCUT2D eigenvalue weighted by atomic mass is 10.1. The van der Waals surface area contributed by atoms with Crippen LogP contribution in [0.2, 0.25) is 0 Å². The Bertz CT molecular complexity index is 577. The Morgan fingerprint density at radius 1 is 1.07 bits per heavy atom. The van der Waals surface area contributed by atoms with Gasteiger partial charge in [0, 0.05) is 12.2 Å². The van der Waals surface area contributed by atoms with Crippen molar-refractivity contribution in [3.05, 3.63) is 0 Å². The first-order valence-corrected chi connectivity index (χ1v) is 10.4. The van der Waals surface area contributed by atoms with Crippen molar-refractivity contribution >= 4 is 54.0 Å². The van der Waals surface area contributed by atoms with Gasteiger partial charge >= 0.3 is 5.97 Å². The van der Waals surface area contributed by atoms with E-state index in [-0.39, 0.29) is 18.6 Å². The van der Waals surface area contributed by atoms with E-state index in [0.717, 1.165) is 0 Å². The SMILES string of the molecule is CSCCC(N)C(=O)NCC(=O)NC(CS)C(=O)NC(CCC(N)=O)C(=O)O. The van der Waals surface area contributed by atoms with Gasteiger partial charge in [-0.15, -0.1) is 0 Å². The first kappa shape index (κ1) is 26.0. The number of carboxylic acid groups (broad SMARTS) is 1. The number of primary amides is 1. The number of amides is 4. The normalized spacial score (nSPS) is 13.7. The molecule has 0 bridgehead atoms. The number of thioether (sulfide) groups is 1. The summed E-state index contributed by atoms with van der Waals surface area (Å²) in [6, 6.07) is -3.22. The average Bonchev–Trinajstić information content (AvgIpc) is 2.64. The molecule has 160 valence electrons. The Hall–Kier alpha value is -1.99. The third kappa shape index (κ3) is 11.0. The molecule has 13 heteroatoms. The summed E-state index contributed by atoms with van der Waals surface area (Å²) in [7, 11) is 0. The molecule has 0 aliphatic heterocycles. The van der Waals surface area contributed by atoms with Gasteiger partial charge in [0.05, 0.1) is 12.6 Å². The van der Waals surface area contributed by atoms with Crippen molar-refractivity contribution in [2.45, 2.75) is 37.4 Å². The van der Waals surface area contributed by atoms with E-state index in [1.807, 2.05) is 6.26 Å². The Labute approximate surface area is 172 Å². The van der Waals surface area contributed by atoms with E-state index in [0.29, 0.717) is 12.2 Å². The Balaban J connectivity index is 4.58. The van der Waals surface area contributed by atoms with Gasteiger partial charge in [-0.1, -0.05) is 0 Å². The van der Waals surface area contributed by atoms with Gasteiger partial charge in [-0.05, 0) is 24.9 Å². The second kappa shape index (κ2) is 14.1. The molecule has 3 unspecified atom stereocenters. The molecule has 0 fully saturated rings. The fraction of sp³-hybridized carbons (Fsp3) is 0.667. The molecule has 8 N–H and O–H groups in total. The average molecular weight is 438 g/mol. The maximum Gasteiger partial charge on any atom is 0.326 e. The number of hydrogen-bond donors (Lipinski definition) is 7. The molecule has 0 saturated carbocycles. The van der Waals surface area contributed by atoms with Gasteiger partial charge in [-0.2, -0.15) is 24.4 Å². The van der Waals surface area contributed by atoms with Crippen LogP contribution in [0.15, 0.2) is 0 Å². The molecular weight excluding hydrogens is 410 g/mol. The van der Waals surface area contributed by atoms with E-state index in [1.165, 1.54) is 11.8 Å². The summed E-state index contributed by atoms with van der Waals surface area (Å²) in [4.78, 5) is 57.8. The van der Waals surface area contributed by atoms with Crippen molar-refractivity contribution in [1.82, 2.24) is 16.0 Å². The van der Waals surface area contributed by atoms with Gasteiger partial charge in [0.2, 0.25) is 23.6 Å². The van der Waals surface area contributed by atoms with Crippen LogP contribution < -0.4 is 27.4 Å². The summed E-state index contributed by atoms with van der Waals surface area (Å²) in [6.07, 6.45) is 1.92. The number of nitrogens with two attached hydrogens (primary N) is 2. The van der Waals surface area contributed by atoms with Crippen LogP contribution in [0.4, 0.5) is 0 Å². The van der Waals surface area contributed by atoms with Crippen molar-refractivity contribution in [3.63, 3.8) is 0 Å². The quantitative estimate of drug-likeness (QED) is 0.144. The molecule has 0 aromatic carbocycles. The fourth-order valence-electron chi connectivity index (χ4n) is 1.93. The highest BCUT2D eigenvalue weighted by Gasteiger charge is 2.26. The Kier molecular flexibility index (Phi) is 13.1. The Morgan fingerprint density at radius 2 is 1.71 bits per heavy atom. The van der Waals surface area contributed by atoms with E-state index in [2.05, 4.69) is 28.6 Å². The minimum Gasteiger partial charge on any atom is -0.480 e. The third-order valence-corrected chi connectivity index (χ3v) is 4.53. The van der Waals surface area contributed by atoms with Crippen LogP contribution in [0.1, 0.15) is 19.3 Å². The molecular formula is C15H27N5O6S2. The standard InChI is InChI=1S/C15H27N5O6S2/c1-28-5-4-8(16)13(23)18-6-12(22)19-10(7-27)14(24)20-9(15(25)26)2-3-11(17)21/h8-10,27H,2-7,16H2,1H3,(H2,17,21)(H,18,23)(H,19,22)(H,20,24)(H,25,26). The maximum absolute atomic E-state index is 12.2. The molecule has 0 aliphatic carbocycles. The molecule has 3 atom stereocenters. The molecule has 0 aromatic rings. The third-order valence-electron chi connectivity index (χ3n) is 3.52. The molecule has 0 aromatic heterocycles. The fourth-order valence-corrected chi connectivity index (χ4v) is 2.68. The smallest absolute Gasteiger partial charge is 0.326 e. The summed E-state index contributed by atoms with van der Waals surface area (Å²) in [5, 5.41) is 16.0. The predicted molar refractivity (Wildman–Crippen MR) is 108 cm³/mol. The molecule has 0 aliphatic rings. The number of hydrogen-bond acceptors (Lipinski definition) is 8. The Morgan fingerprint density at radius 3 is 2.21 bits per heavy atom. The van der Waals surface area contributed by atoms with Crippen molar-refractivity contribution in [1.29, 1.82) is 0 Å². The molecule has 0 saturated heterocycles. The monoisotopic (exact) mass is 437 g/mol. The van der Waals surface area contributed by atoms with Gasteiger partial charge in [-0.25, -0.2) is 4.79 Å². The van der Waals surface area contributed by atoms with Gasteiger partial charge in [0.1, 0.15) is 12.1 Å². The van der Waals surface area contributed by atoms with Crippen LogP contribution in [-0.4, -0.2) is 77.1 Å². The van der Waals surface area contributed by atoms with E-state index in [4.69, 9.17) is 16.6 Å². The first-order chi connectivity index (χ1) is 13.1. The van der Waals surface area contributed by atoms with E-state index in [9.17, 15) is 24.0 Å². The number of carbonyl (C=O) groups is 5. The van der Waals surface area contributed by atoms with Crippen molar-refractivity contribution in [2.75, 3.05) is 24.3 Å². The summed E-state index contributed by atoms with van der Waals surface area (Å²) in [6.45, 7) is -0.395. The minimum atomic E-state index is -1.34. The van der Waals surface area contributed by atoms with Crippen molar-refractivity contribution < 1.29 is 29.1 Å². The van der Waals surface area contributed by atoms with Crippen LogP contribution in [0, 0.1) is 0 Å². The molecule has 11 nitrogen and oxygen atoms in total. The predicted octanol–water partition coefficient (Wildman–Crippen LogP) is -2.57. The van der Waals surface area contributed by atoms with Crippen molar-refractivity contribution in [2.24, 2.45) is 11.5 Å². The van der Waals surface area contributed by atoms with Crippen LogP contribution in [0.3, 0.4) is 0 Å². The molecule has 0 spiro atoms. The highest BCUT2D eigenvalue weighted by atomic mass is 32.2. The number of nitrogens with one attached hydrogen (secondary N) is 3. The number of aliphatic carboxylic acids is 1. The maximum atomic E-state index is 12.2. The minimum absolute atomic E-state index is 0.110. The van der Waals surface area contributed by atoms with Crippen molar-refractivity contribution in [3.8, 4) is 0 Å². The van der Waals surface area contributed by atoms with E-state index >= 15 is 0 Å². The number of rotatable bonds is 14. The zero-order chi connectivity index (χ0) is 21.7. The van der Waals surface area contributed by atoms with Gasteiger partial charge in [0.25, 0.3) is 0 Å². The van der Waals surface area contributed by atoms with Crippen LogP contribution in [0.25, 0.3) is 0 Å². The second-order valence-electron chi connectivity index (χ2n) is 5.81. The lowest BCUT2D eigenvalue weighted by molar-refractivity contribution is -0.142. The molecule has 28 heavy (non-hydrogen) atoms. The summed E-state index contributed by atoms with van der Waals surface area (Å²) in [5.41, 5.74) is 10.6. The topological polar surface area (TPSA) is 194 Å². The molecule has 0 rings (SSSR count). The zero-order valence-corrected chi connectivity index (χ0v) is 17.2. The highest BCUT2D eigenvalue weighted by Crippen LogP contribution is 2.00. The second-order valence-corrected chi connectivity index (χ2v) is 7.16. The van der Waals surface area contributed by atoms with Gasteiger partial charge in [-0.3, -0.25) is 19.2 Å². The molecule has 0 radical (unpaired) electrons. The summed E-state index contributed by atoms with van der Waals surface area (Å²) < 4.78 is 0. The van der Waals surface area contributed by atoms with Gasteiger partial charge < -0.3 is 32.5 Å². The lowest BCUT2D eigenvalue weighted by Gasteiger charge is -2.20. The number of carboxylic acids is 1. The number of carbonyl (C=O) groups excluding carboxylic acids is 4. The first-order valence-electron chi connectivity index (χ1n) is 8.36. The highest BCUT2D eigenvalue weighted by molar-refractivity contribution is 7.98. The summed E-state index contributed by atoms with van der Waals surface area (Å²) >= 11 is 5.50. The van der Waals surface area contributed by atoms with Gasteiger partial charge in [0.15, 0.2) is 0 Å². The molecule has 0 heterocycles. The van der Waals surface area contributed by atoms with E-state index in [1.54, 1.807) is 0 Å². The van der Waals surface area contributed by atoms with Crippen LogP contribution in [-0.2, 0) is 24.0 Å². The van der Waals surface area contributed by atoms with Crippen LogP contribution >= 0.6 is 24.4 Å².